The van der Waals surface area contributed by atoms with Gasteiger partial charge in [-0.05, 0) is 72.4 Å². The van der Waals surface area contributed by atoms with Gasteiger partial charge in [0.05, 0.1) is 10.9 Å². The molecule has 0 aliphatic rings. The highest BCUT2D eigenvalue weighted by molar-refractivity contribution is 7.89. The summed E-state index contributed by atoms with van der Waals surface area (Å²) in [4.78, 5) is 10.8. The van der Waals surface area contributed by atoms with Crippen LogP contribution in [-0.4, -0.2) is 19.5 Å². The average molecular weight is 476 g/mol. The van der Waals surface area contributed by atoms with Crippen LogP contribution < -0.4 is 4.72 Å². The topological polar surface area (TPSA) is 83.5 Å². The molecule has 0 radical (unpaired) electrons. The number of benzene rings is 3. The summed E-state index contributed by atoms with van der Waals surface area (Å²) in [6.45, 7) is 0. The van der Waals surface area contributed by atoms with E-state index in [9.17, 15) is 17.6 Å². The van der Waals surface area contributed by atoms with Gasteiger partial charge < -0.3 is 5.11 Å². The normalized spacial score (nSPS) is 12.4. The Morgan fingerprint density at radius 1 is 1.00 bits per heavy atom. The quantitative estimate of drug-likeness (QED) is 0.425. The number of halogens is 2. The van der Waals surface area contributed by atoms with Crippen molar-refractivity contribution in [2.24, 2.45) is 0 Å². The molecular formula is C24H23ClFNO4S. The summed E-state index contributed by atoms with van der Waals surface area (Å²) < 4.78 is 42.4. The molecule has 0 aromatic heterocycles. The van der Waals surface area contributed by atoms with Crippen LogP contribution in [0.25, 0.3) is 0 Å². The summed E-state index contributed by atoms with van der Waals surface area (Å²) >= 11 is 5.87. The molecule has 0 saturated carbocycles. The molecule has 0 bridgehead atoms. The fourth-order valence-corrected chi connectivity index (χ4v) is 4.71. The van der Waals surface area contributed by atoms with E-state index in [1.165, 1.54) is 36.4 Å². The monoisotopic (exact) mass is 475 g/mol. The van der Waals surface area contributed by atoms with Crippen LogP contribution in [0.2, 0.25) is 5.02 Å². The van der Waals surface area contributed by atoms with Crippen LogP contribution >= 0.6 is 11.6 Å². The third-order valence-electron chi connectivity index (χ3n) is 4.99. The lowest BCUT2D eigenvalue weighted by molar-refractivity contribution is -0.137. The standard InChI is InChI=1S/C24H23ClFNO4S/c25-20-11-13-22(14-12-20)32(30,31)27-23(16-18-4-1-5-21(26)15-18)19-9-7-17(8-10-19)3-2-6-24(28)29/h1,4-5,7-15,23,27H,2-3,6,16H2,(H,28,29). The molecule has 0 aliphatic carbocycles. The number of rotatable bonds is 10. The fourth-order valence-electron chi connectivity index (χ4n) is 3.36. The van der Waals surface area contributed by atoms with Gasteiger partial charge in [-0.15, -0.1) is 0 Å². The zero-order chi connectivity index (χ0) is 23.1. The van der Waals surface area contributed by atoms with E-state index in [2.05, 4.69) is 4.72 Å². The van der Waals surface area contributed by atoms with Crippen LogP contribution in [0.4, 0.5) is 4.39 Å². The number of sulfonamides is 1. The lowest BCUT2D eigenvalue weighted by Gasteiger charge is -2.20. The second-order valence-corrected chi connectivity index (χ2v) is 9.60. The van der Waals surface area contributed by atoms with Crippen LogP contribution in [0, 0.1) is 5.82 Å². The van der Waals surface area contributed by atoms with Crippen LogP contribution in [0.15, 0.2) is 77.7 Å². The van der Waals surface area contributed by atoms with E-state index < -0.39 is 27.9 Å². The molecule has 3 aromatic carbocycles. The molecule has 1 atom stereocenters. The molecular weight excluding hydrogens is 453 g/mol. The van der Waals surface area contributed by atoms with E-state index >= 15 is 0 Å². The number of carboxylic acids is 1. The molecule has 2 N–H and O–H groups in total. The van der Waals surface area contributed by atoms with Crippen molar-refractivity contribution in [1.29, 1.82) is 0 Å². The molecule has 0 saturated heterocycles. The maximum atomic E-state index is 13.7. The number of nitrogens with one attached hydrogen (secondary N) is 1. The largest absolute Gasteiger partial charge is 0.481 e. The third kappa shape index (κ3) is 6.88. The summed E-state index contributed by atoms with van der Waals surface area (Å²) in [5.74, 6) is -1.23. The SMILES string of the molecule is O=C(O)CCCc1ccc(C(Cc2cccc(F)c2)NS(=O)(=O)c2ccc(Cl)cc2)cc1. The Bertz CT molecular complexity index is 1170. The summed E-state index contributed by atoms with van der Waals surface area (Å²) in [6.07, 6.45) is 1.47. The first-order valence-electron chi connectivity index (χ1n) is 10.1. The van der Waals surface area contributed by atoms with Gasteiger partial charge in [0.1, 0.15) is 5.82 Å². The first-order valence-corrected chi connectivity index (χ1v) is 11.9. The number of hydrogen-bond donors (Lipinski definition) is 2. The van der Waals surface area contributed by atoms with Gasteiger partial charge in [0.2, 0.25) is 10.0 Å². The molecule has 0 fully saturated rings. The van der Waals surface area contributed by atoms with E-state index in [-0.39, 0.29) is 17.7 Å². The van der Waals surface area contributed by atoms with E-state index in [0.29, 0.717) is 29.0 Å². The van der Waals surface area contributed by atoms with Crippen molar-refractivity contribution in [3.8, 4) is 0 Å². The minimum Gasteiger partial charge on any atom is -0.481 e. The Morgan fingerprint density at radius 2 is 1.69 bits per heavy atom. The Kier molecular flexibility index (Phi) is 8.01. The van der Waals surface area contributed by atoms with Crippen molar-refractivity contribution in [1.82, 2.24) is 4.72 Å². The van der Waals surface area contributed by atoms with Gasteiger partial charge in [-0.2, -0.15) is 0 Å². The number of carboxylic acid groups (broad SMARTS) is 1. The number of aryl methyl sites for hydroxylation is 1. The zero-order valence-corrected chi connectivity index (χ0v) is 18.7. The van der Waals surface area contributed by atoms with Crippen molar-refractivity contribution in [3.63, 3.8) is 0 Å². The lowest BCUT2D eigenvalue weighted by atomic mass is 9.97. The molecule has 0 amide bonds. The zero-order valence-electron chi connectivity index (χ0n) is 17.2. The van der Waals surface area contributed by atoms with Gasteiger partial charge in [-0.25, -0.2) is 17.5 Å². The molecule has 0 aliphatic heterocycles. The summed E-state index contributed by atoms with van der Waals surface area (Å²) in [6, 6.07) is 18.6. The van der Waals surface area contributed by atoms with Crippen molar-refractivity contribution >= 4 is 27.6 Å². The molecule has 0 heterocycles. The first kappa shape index (κ1) is 23.9. The van der Waals surface area contributed by atoms with E-state index in [0.717, 1.165) is 5.56 Å². The van der Waals surface area contributed by atoms with E-state index in [4.69, 9.17) is 16.7 Å². The lowest BCUT2D eigenvalue weighted by Crippen LogP contribution is -2.30. The predicted octanol–water partition coefficient (Wildman–Crippen LogP) is 5.15. The average Bonchev–Trinajstić information content (AvgIpc) is 2.74. The fraction of sp³-hybridized carbons (Fsp3) is 0.208. The maximum Gasteiger partial charge on any atom is 0.303 e. The van der Waals surface area contributed by atoms with Gasteiger partial charge in [0, 0.05) is 11.4 Å². The van der Waals surface area contributed by atoms with Gasteiger partial charge >= 0.3 is 5.97 Å². The summed E-state index contributed by atoms with van der Waals surface area (Å²) in [5, 5.41) is 9.22. The molecule has 0 spiro atoms. The highest BCUT2D eigenvalue weighted by atomic mass is 35.5. The van der Waals surface area contributed by atoms with E-state index in [1.54, 1.807) is 12.1 Å². The Hall–Kier alpha value is -2.74. The summed E-state index contributed by atoms with van der Waals surface area (Å²) in [5.41, 5.74) is 2.33. The van der Waals surface area contributed by atoms with Crippen molar-refractivity contribution in [2.45, 2.75) is 36.6 Å². The molecule has 8 heteroatoms. The second-order valence-electron chi connectivity index (χ2n) is 7.45. The molecule has 3 rings (SSSR count). The number of aliphatic carboxylic acids is 1. The second kappa shape index (κ2) is 10.7. The van der Waals surface area contributed by atoms with Crippen LogP contribution in [0.3, 0.4) is 0 Å². The van der Waals surface area contributed by atoms with Crippen molar-refractivity contribution in [3.05, 3.63) is 100 Å². The van der Waals surface area contributed by atoms with Crippen LogP contribution in [-0.2, 0) is 27.7 Å². The summed E-state index contributed by atoms with van der Waals surface area (Å²) in [7, 11) is -3.86. The van der Waals surface area contributed by atoms with Gasteiger partial charge in [-0.3, -0.25) is 4.79 Å². The Morgan fingerprint density at radius 3 is 2.31 bits per heavy atom. The van der Waals surface area contributed by atoms with Crippen LogP contribution in [0.1, 0.15) is 35.6 Å². The minimum absolute atomic E-state index is 0.0800. The molecule has 168 valence electrons. The third-order valence-corrected chi connectivity index (χ3v) is 6.73. The Balaban J connectivity index is 1.85. The van der Waals surface area contributed by atoms with Crippen molar-refractivity contribution in [2.75, 3.05) is 0 Å². The van der Waals surface area contributed by atoms with Gasteiger partial charge in [-0.1, -0.05) is 48.0 Å². The Labute approximate surface area is 191 Å². The van der Waals surface area contributed by atoms with Crippen LogP contribution in [0.5, 0.6) is 0 Å². The molecule has 3 aromatic rings. The molecule has 1 unspecified atom stereocenters. The highest BCUT2D eigenvalue weighted by Gasteiger charge is 2.22. The van der Waals surface area contributed by atoms with Gasteiger partial charge in [0.25, 0.3) is 0 Å². The van der Waals surface area contributed by atoms with E-state index in [1.807, 2.05) is 24.3 Å². The molecule has 5 nitrogen and oxygen atoms in total. The minimum atomic E-state index is -3.86. The predicted molar refractivity (Wildman–Crippen MR) is 122 cm³/mol. The first-order chi connectivity index (χ1) is 15.2. The smallest absolute Gasteiger partial charge is 0.303 e. The van der Waals surface area contributed by atoms with Gasteiger partial charge in [0.15, 0.2) is 0 Å². The number of carbonyl (C=O) groups is 1. The number of hydrogen-bond acceptors (Lipinski definition) is 3. The molecule has 32 heavy (non-hydrogen) atoms. The van der Waals surface area contributed by atoms with Crippen molar-refractivity contribution < 1.29 is 22.7 Å². The maximum absolute atomic E-state index is 13.7. The highest BCUT2D eigenvalue weighted by Crippen LogP contribution is 2.24.